The molecular formula is C34H30Cl2F2N6O4. The molecule has 1 heterocycles. The number of rotatable bonds is 14. The van der Waals surface area contributed by atoms with Crippen molar-refractivity contribution in [1.82, 2.24) is 10.9 Å². The Labute approximate surface area is 284 Å². The monoisotopic (exact) mass is 694 g/mol. The van der Waals surface area contributed by atoms with Crippen LogP contribution in [-0.4, -0.2) is 35.7 Å². The standard InChI is InChI=1S/C34H30Cl2F2N6O4/c35-24-11-14-26(28(36)17-24)31-34(18-22-5-1-2-6-23(22)19-41-44-39,33(46)43-40-20-27-29(37)7-3-8-30(27)38)42-32(48-31)21-9-12-25(13-10-21)47-16-4-15-45/h1-3,5-14,17,31,40,45H,4,15-16,18-20H2,(H,43,46)/t31-,34-/m0/s1. The topological polar surface area (TPSA) is 141 Å². The normalized spacial score (nSPS) is 16.9. The predicted molar refractivity (Wildman–Crippen MR) is 178 cm³/mol. The molecular weight excluding hydrogens is 665 g/mol. The third-order valence-corrected chi connectivity index (χ3v) is 8.25. The van der Waals surface area contributed by atoms with E-state index in [1.165, 1.54) is 12.1 Å². The minimum Gasteiger partial charge on any atom is -0.494 e. The van der Waals surface area contributed by atoms with Crippen LogP contribution in [0.15, 0.2) is 95.0 Å². The Morgan fingerprint density at radius 3 is 2.46 bits per heavy atom. The third-order valence-electron chi connectivity index (χ3n) is 7.69. The number of halogens is 4. The summed E-state index contributed by atoms with van der Waals surface area (Å²) in [5, 5.41) is 13.4. The first-order valence-corrected chi connectivity index (χ1v) is 15.6. The van der Waals surface area contributed by atoms with E-state index in [4.69, 9.17) is 48.3 Å². The fourth-order valence-electron chi connectivity index (χ4n) is 5.28. The van der Waals surface area contributed by atoms with Gasteiger partial charge >= 0.3 is 0 Å². The van der Waals surface area contributed by atoms with Gasteiger partial charge in [0.1, 0.15) is 17.4 Å². The Morgan fingerprint density at radius 1 is 1.04 bits per heavy atom. The van der Waals surface area contributed by atoms with Gasteiger partial charge in [-0.3, -0.25) is 10.2 Å². The number of nitrogens with one attached hydrogen (secondary N) is 2. The number of ether oxygens (including phenoxy) is 2. The van der Waals surface area contributed by atoms with E-state index in [2.05, 4.69) is 20.9 Å². The van der Waals surface area contributed by atoms with Crippen LogP contribution in [0.25, 0.3) is 10.4 Å². The zero-order valence-corrected chi connectivity index (χ0v) is 26.9. The van der Waals surface area contributed by atoms with Gasteiger partial charge in [-0.1, -0.05) is 64.7 Å². The van der Waals surface area contributed by atoms with E-state index in [1.807, 2.05) is 0 Å². The molecule has 0 aromatic heterocycles. The van der Waals surface area contributed by atoms with Crippen LogP contribution in [0.4, 0.5) is 8.78 Å². The highest BCUT2D eigenvalue weighted by atomic mass is 35.5. The molecule has 5 rings (SSSR count). The van der Waals surface area contributed by atoms with E-state index in [0.717, 1.165) is 12.1 Å². The Balaban J connectivity index is 1.59. The zero-order valence-electron chi connectivity index (χ0n) is 25.4. The lowest BCUT2D eigenvalue weighted by atomic mass is 9.81. The van der Waals surface area contributed by atoms with Crippen LogP contribution >= 0.6 is 23.2 Å². The average molecular weight is 696 g/mol. The van der Waals surface area contributed by atoms with Crippen molar-refractivity contribution in [1.29, 1.82) is 0 Å². The van der Waals surface area contributed by atoms with Crippen molar-refractivity contribution in [3.63, 3.8) is 0 Å². The van der Waals surface area contributed by atoms with Crippen molar-refractivity contribution in [2.45, 2.75) is 37.6 Å². The minimum atomic E-state index is -1.75. The summed E-state index contributed by atoms with van der Waals surface area (Å²) in [5.41, 5.74) is 14.4. The lowest BCUT2D eigenvalue weighted by Crippen LogP contribution is -2.54. The summed E-state index contributed by atoms with van der Waals surface area (Å²) in [6, 6.07) is 22.2. The number of azide groups is 1. The van der Waals surface area contributed by atoms with Gasteiger partial charge in [0.05, 0.1) is 13.2 Å². The van der Waals surface area contributed by atoms with Gasteiger partial charge in [-0.25, -0.2) is 19.2 Å². The molecule has 1 aliphatic rings. The third kappa shape index (κ3) is 7.87. The van der Waals surface area contributed by atoms with Gasteiger partial charge < -0.3 is 14.6 Å². The summed E-state index contributed by atoms with van der Waals surface area (Å²) < 4.78 is 40.9. The van der Waals surface area contributed by atoms with Crippen molar-refractivity contribution < 1.29 is 28.2 Å². The van der Waals surface area contributed by atoms with E-state index in [-0.39, 0.29) is 42.6 Å². The number of aliphatic hydroxyl groups is 1. The first-order chi connectivity index (χ1) is 23.3. The van der Waals surface area contributed by atoms with Gasteiger partial charge in [0.2, 0.25) is 5.90 Å². The van der Waals surface area contributed by atoms with Gasteiger partial charge in [-0.15, -0.1) is 0 Å². The molecule has 0 saturated heterocycles. The van der Waals surface area contributed by atoms with Gasteiger partial charge in [0.15, 0.2) is 11.6 Å². The molecule has 1 aliphatic heterocycles. The summed E-state index contributed by atoms with van der Waals surface area (Å²) in [4.78, 5) is 22.3. The molecule has 4 aromatic carbocycles. The number of hydrogen-bond donors (Lipinski definition) is 3. The molecule has 0 spiro atoms. The van der Waals surface area contributed by atoms with Gasteiger partial charge in [-0.2, -0.15) is 0 Å². The number of carbonyl (C=O) groups excluding carboxylic acids is 1. The van der Waals surface area contributed by atoms with Gasteiger partial charge in [-0.05, 0) is 65.2 Å². The Kier molecular flexibility index (Phi) is 11.5. The quantitative estimate of drug-likeness (QED) is 0.0422. The molecule has 0 bridgehead atoms. The van der Waals surface area contributed by atoms with Gasteiger partial charge in [0.25, 0.3) is 5.91 Å². The van der Waals surface area contributed by atoms with Crippen molar-refractivity contribution in [2.75, 3.05) is 13.2 Å². The Hall–Kier alpha value is -4.71. The number of amides is 1. The molecule has 48 heavy (non-hydrogen) atoms. The van der Waals surface area contributed by atoms with Crippen LogP contribution in [0.2, 0.25) is 10.0 Å². The average Bonchev–Trinajstić information content (AvgIpc) is 3.46. The Bertz CT molecular complexity index is 1840. The van der Waals surface area contributed by atoms with Crippen LogP contribution in [0, 0.1) is 11.6 Å². The number of hydrazine groups is 1. The van der Waals surface area contributed by atoms with Crippen LogP contribution in [0.1, 0.15) is 40.3 Å². The number of aliphatic hydroxyl groups excluding tert-OH is 1. The smallest absolute Gasteiger partial charge is 0.266 e. The molecule has 4 aromatic rings. The zero-order chi connectivity index (χ0) is 34.1. The van der Waals surface area contributed by atoms with Gasteiger partial charge in [0, 0.05) is 57.6 Å². The molecule has 0 unspecified atom stereocenters. The van der Waals surface area contributed by atoms with Crippen molar-refractivity contribution in [3.05, 3.63) is 145 Å². The Morgan fingerprint density at radius 2 is 1.77 bits per heavy atom. The van der Waals surface area contributed by atoms with E-state index < -0.39 is 29.2 Å². The molecule has 3 N–H and O–H groups in total. The predicted octanol–water partition coefficient (Wildman–Crippen LogP) is 7.16. The summed E-state index contributed by atoms with van der Waals surface area (Å²) in [6.45, 7) is -0.0313. The fourth-order valence-corrected chi connectivity index (χ4v) is 5.79. The molecule has 0 fully saturated rings. The minimum absolute atomic E-state index is 0.00238. The fraction of sp³-hybridized carbons (Fsp3) is 0.235. The second-order valence-electron chi connectivity index (χ2n) is 10.8. The van der Waals surface area contributed by atoms with E-state index in [9.17, 15) is 13.6 Å². The maximum absolute atomic E-state index is 14.5. The highest BCUT2D eigenvalue weighted by Gasteiger charge is 2.54. The van der Waals surface area contributed by atoms with Crippen molar-refractivity contribution in [2.24, 2.45) is 10.1 Å². The first-order valence-electron chi connectivity index (χ1n) is 14.8. The maximum Gasteiger partial charge on any atom is 0.266 e. The molecule has 0 saturated carbocycles. The summed E-state index contributed by atoms with van der Waals surface area (Å²) >= 11 is 12.9. The summed E-state index contributed by atoms with van der Waals surface area (Å²) in [5.74, 6) is -1.57. The number of benzene rings is 4. The molecule has 10 nitrogen and oxygen atoms in total. The molecule has 0 radical (unpaired) electrons. The number of carbonyl (C=O) groups is 1. The second-order valence-corrected chi connectivity index (χ2v) is 11.6. The van der Waals surface area contributed by atoms with Crippen molar-refractivity contribution >= 4 is 35.0 Å². The van der Waals surface area contributed by atoms with Crippen LogP contribution in [0.5, 0.6) is 5.75 Å². The lowest BCUT2D eigenvalue weighted by Gasteiger charge is -2.32. The number of aliphatic imine (C=N–C) groups is 1. The van der Waals surface area contributed by atoms with Crippen LogP contribution in [-0.2, 0) is 29.0 Å². The highest BCUT2D eigenvalue weighted by molar-refractivity contribution is 6.35. The summed E-state index contributed by atoms with van der Waals surface area (Å²) in [6.07, 6.45) is -0.698. The molecule has 0 aliphatic carbocycles. The SMILES string of the molecule is [N-]=[N+]=NCc1ccccc1C[C@]1(C(=O)NNCc2c(F)cccc2F)N=C(c2ccc(OCCCO)cc2)O[C@H]1c1ccc(Cl)cc1Cl. The largest absolute Gasteiger partial charge is 0.494 e. The highest BCUT2D eigenvalue weighted by Crippen LogP contribution is 2.45. The van der Waals surface area contributed by atoms with E-state index in [0.29, 0.717) is 46.1 Å². The molecule has 2 atom stereocenters. The number of nitrogens with zero attached hydrogens (tertiary/aromatic N) is 4. The first kappa shape index (κ1) is 34.6. The number of hydrogen-bond acceptors (Lipinski definition) is 7. The van der Waals surface area contributed by atoms with Crippen LogP contribution < -0.4 is 15.6 Å². The summed E-state index contributed by atoms with van der Waals surface area (Å²) in [7, 11) is 0. The molecule has 248 valence electrons. The second kappa shape index (κ2) is 15.9. The van der Waals surface area contributed by atoms with Crippen molar-refractivity contribution in [3.8, 4) is 5.75 Å². The van der Waals surface area contributed by atoms with Crippen LogP contribution in [0.3, 0.4) is 0 Å². The van der Waals surface area contributed by atoms with E-state index in [1.54, 1.807) is 60.7 Å². The molecule has 14 heteroatoms. The van der Waals surface area contributed by atoms with E-state index >= 15 is 0 Å². The maximum atomic E-state index is 14.5. The lowest BCUT2D eigenvalue weighted by molar-refractivity contribution is -0.130. The molecule has 1 amide bonds.